The summed E-state index contributed by atoms with van der Waals surface area (Å²) >= 11 is 0. The molecule has 2 heterocycles. The molecule has 17 heavy (non-hydrogen) atoms. The van der Waals surface area contributed by atoms with Gasteiger partial charge in [-0.2, -0.15) is 0 Å². The Bertz CT molecular complexity index is 219. The van der Waals surface area contributed by atoms with E-state index in [1.807, 2.05) is 0 Å². The molecule has 2 fully saturated rings. The predicted octanol–water partition coefficient (Wildman–Crippen LogP) is 0.604. The summed E-state index contributed by atoms with van der Waals surface area (Å²) in [6.45, 7) is 4.69. The highest BCUT2D eigenvalue weighted by molar-refractivity contribution is 4.86. The molecule has 0 bridgehead atoms. The molecule has 2 rings (SSSR count). The Kier molecular flexibility index (Phi) is 5.22. The van der Waals surface area contributed by atoms with E-state index in [4.69, 9.17) is 5.73 Å². The maximum absolute atomic E-state index is 9.47. The summed E-state index contributed by atoms with van der Waals surface area (Å²) in [4.78, 5) is 5.13. The molecule has 2 aliphatic heterocycles. The van der Waals surface area contributed by atoms with Crippen LogP contribution < -0.4 is 5.73 Å². The average Bonchev–Trinajstić information content (AvgIpc) is 3.00. The van der Waals surface area contributed by atoms with E-state index in [1.165, 1.54) is 32.4 Å². The second-order valence-electron chi connectivity index (χ2n) is 5.37. The lowest BCUT2D eigenvalue weighted by Gasteiger charge is -2.38. The second-order valence-corrected chi connectivity index (χ2v) is 5.37. The van der Waals surface area contributed by atoms with Crippen LogP contribution in [0.3, 0.4) is 0 Å². The van der Waals surface area contributed by atoms with Gasteiger partial charge in [0.2, 0.25) is 0 Å². The fourth-order valence-corrected chi connectivity index (χ4v) is 3.34. The first-order valence-corrected chi connectivity index (χ1v) is 7.17. The average molecular weight is 241 g/mol. The molecule has 0 saturated carbocycles. The van der Waals surface area contributed by atoms with Crippen molar-refractivity contribution in [3.63, 3.8) is 0 Å². The van der Waals surface area contributed by atoms with Crippen LogP contribution in [0.25, 0.3) is 0 Å². The van der Waals surface area contributed by atoms with Crippen LogP contribution in [0, 0.1) is 0 Å². The number of aliphatic hydroxyl groups is 1. The third kappa shape index (κ3) is 3.19. The van der Waals surface area contributed by atoms with Crippen molar-refractivity contribution in [3.8, 4) is 0 Å². The number of rotatable bonds is 6. The SMILES string of the molecule is NCCCC(N1CCCC1)N1CCCC1CO. The van der Waals surface area contributed by atoms with Gasteiger partial charge in [0.15, 0.2) is 0 Å². The molecule has 0 aromatic heterocycles. The van der Waals surface area contributed by atoms with E-state index in [-0.39, 0.29) is 0 Å². The fourth-order valence-electron chi connectivity index (χ4n) is 3.34. The first kappa shape index (κ1) is 13.3. The second kappa shape index (κ2) is 6.69. The molecule has 100 valence electrons. The van der Waals surface area contributed by atoms with Crippen LogP contribution in [-0.2, 0) is 0 Å². The number of nitrogens with zero attached hydrogens (tertiary/aromatic N) is 2. The molecule has 0 radical (unpaired) electrons. The monoisotopic (exact) mass is 241 g/mol. The smallest absolute Gasteiger partial charge is 0.0626 e. The molecule has 0 amide bonds. The number of likely N-dealkylation sites (tertiary alicyclic amines) is 2. The lowest BCUT2D eigenvalue weighted by molar-refractivity contribution is 0.0231. The van der Waals surface area contributed by atoms with Gasteiger partial charge < -0.3 is 10.8 Å². The highest BCUT2D eigenvalue weighted by Gasteiger charge is 2.34. The van der Waals surface area contributed by atoms with Crippen molar-refractivity contribution in [3.05, 3.63) is 0 Å². The minimum atomic E-state index is 0.312. The van der Waals surface area contributed by atoms with E-state index >= 15 is 0 Å². The van der Waals surface area contributed by atoms with Gasteiger partial charge in [-0.05, 0) is 58.2 Å². The van der Waals surface area contributed by atoms with E-state index in [9.17, 15) is 5.11 Å². The van der Waals surface area contributed by atoms with Gasteiger partial charge in [-0.15, -0.1) is 0 Å². The van der Waals surface area contributed by atoms with E-state index in [0.29, 0.717) is 18.8 Å². The summed E-state index contributed by atoms with van der Waals surface area (Å²) in [5.41, 5.74) is 5.65. The van der Waals surface area contributed by atoms with Crippen molar-refractivity contribution in [2.75, 3.05) is 32.8 Å². The van der Waals surface area contributed by atoms with Crippen molar-refractivity contribution in [2.45, 2.75) is 50.7 Å². The topological polar surface area (TPSA) is 52.7 Å². The molecule has 4 heteroatoms. The Hall–Kier alpha value is -0.160. The van der Waals surface area contributed by atoms with Gasteiger partial charge >= 0.3 is 0 Å². The number of nitrogens with two attached hydrogens (primary N) is 1. The van der Waals surface area contributed by atoms with Crippen LogP contribution in [0.1, 0.15) is 38.5 Å². The molecular formula is C13H27N3O. The normalized spacial score (nSPS) is 28.9. The molecule has 2 unspecified atom stereocenters. The fraction of sp³-hybridized carbons (Fsp3) is 1.00. The Morgan fingerprint density at radius 3 is 2.59 bits per heavy atom. The summed E-state index contributed by atoms with van der Waals surface area (Å²) < 4.78 is 0. The van der Waals surface area contributed by atoms with Crippen LogP contribution in [0.15, 0.2) is 0 Å². The van der Waals surface area contributed by atoms with Crippen LogP contribution >= 0.6 is 0 Å². The van der Waals surface area contributed by atoms with Crippen molar-refractivity contribution in [1.82, 2.24) is 9.80 Å². The highest BCUT2D eigenvalue weighted by Crippen LogP contribution is 2.26. The van der Waals surface area contributed by atoms with E-state index in [0.717, 1.165) is 32.4 Å². The zero-order valence-electron chi connectivity index (χ0n) is 10.9. The number of hydrogen-bond acceptors (Lipinski definition) is 4. The van der Waals surface area contributed by atoms with Crippen LogP contribution in [0.2, 0.25) is 0 Å². The summed E-state index contributed by atoms with van der Waals surface area (Å²) in [5, 5.41) is 9.47. The van der Waals surface area contributed by atoms with Crippen LogP contribution in [0.4, 0.5) is 0 Å². The quantitative estimate of drug-likeness (QED) is 0.715. The number of hydrogen-bond donors (Lipinski definition) is 2. The van der Waals surface area contributed by atoms with E-state index < -0.39 is 0 Å². The first-order chi connectivity index (χ1) is 8.36. The lowest BCUT2D eigenvalue weighted by Crippen LogP contribution is -2.50. The van der Waals surface area contributed by atoms with Gasteiger partial charge in [-0.3, -0.25) is 9.80 Å². The van der Waals surface area contributed by atoms with Crippen molar-refractivity contribution < 1.29 is 5.11 Å². The predicted molar refractivity (Wildman–Crippen MR) is 69.7 cm³/mol. The zero-order valence-corrected chi connectivity index (χ0v) is 10.9. The van der Waals surface area contributed by atoms with Crippen molar-refractivity contribution >= 4 is 0 Å². The molecular weight excluding hydrogens is 214 g/mol. The lowest BCUT2D eigenvalue weighted by atomic mass is 10.1. The molecule has 0 aliphatic carbocycles. The number of aliphatic hydroxyl groups excluding tert-OH is 1. The summed E-state index contributed by atoms with van der Waals surface area (Å²) in [5.74, 6) is 0. The standard InChI is InChI=1S/C13H27N3O/c14-7-3-6-13(15-8-1-2-9-15)16-10-4-5-12(16)11-17/h12-13,17H,1-11,14H2. The Morgan fingerprint density at radius 1 is 1.18 bits per heavy atom. The highest BCUT2D eigenvalue weighted by atomic mass is 16.3. The summed E-state index contributed by atoms with van der Waals surface area (Å²) in [6.07, 6.45) is 7.83. The third-order valence-corrected chi connectivity index (χ3v) is 4.24. The van der Waals surface area contributed by atoms with Gasteiger partial charge in [0, 0.05) is 12.6 Å². The van der Waals surface area contributed by atoms with Crippen LogP contribution in [-0.4, -0.2) is 59.9 Å². The largest absolute Gasteiger partial charge is 0.395 e. The van der Waals surface area contributed by atoms with Gasteiger partial charge in [0.05, 0.1) is 12.8 Å². The van der Waals surface area contributed by atoms with Gasteiger partial charge in [-0.25, -0.2) is 0 Å². The maximum Gasteiger partial charge on any atom is 0.0626 e. The van der Waals surface area contributed by atoms with Gasteiger partial charge in [0.25, 0.3) is 0 Å². The molecule has 2 atom stereocenters. The van der Waals surface area contributed by atoms with Crippen molar-refractivity contribution in [2.24, 2.45) is 5.73 Å². The minimum Gasteiger partial charge on any atom is -0.395 e. The Morgan fingerprint density at radius 2 is 1.94 bits per heavy atom. The summed E-state index contributed by atoms with van der Waals surface area (Å²) in [7, 11) is 0. The summed E-state index contributed by atoms with van der Waals surface area (Å²) in [6, 6.07) is 0.387. The zero-order chi connectivity index (χ0) is 12.1. The van der Waals surface area contributed by atoms with E-state index in [1.54, 1.807) is 0 Å². The molecule has 0 aromatic rings. The molecule has 4 nitrogen and oxygen atoms in total. The molecule has 2 aliphatic rings. The molecule has 0 spiro atoms. The van der Waals surface area contributed by atoms with Gasteiger partial charge in [-0.1, -0.05) is 0 Å². The third-order valence-electron chi connectivity index (χ3n) is 4.24. The maximum atomic E-state index is 9.47. The molecule has 0 aromatic carbocycles. The minimum absolute atomic E-state index is 0.312. The molecule has 2 saturated heterocycles. The Labute approximate surface area is 105 Å². The Balaban J connectivity index is 1.97. The van der Waals surface area contributed by atoms with Crippen LogP contribution in [0.5, 0.6) is 0 Å². The van der Waals surface area contributed by atoms with E-state index in [2.05, 4.69) is 9.80 Å². The van der Waals surface area contributed by atoms with Gasteiger partial charge in [0.1, 0.15) is 0 Å². The molecule has 3 N–H and O–H groups in total. The van der Waals surface area contributed by atoms with Crippen molar-refractivity contribution in [1.29, 1.82) is 0 Å². The first-order valence-electron chi connectivity index (χ1n) is 7.17.